The number of hydroxylamine groups is 2. The number of hydrogen-bond acceptors (Lipinski definition) is 6. The van der Waals surface area contributed by atoms with Crippen LogP contribution in [0, 0.1) is 19.8 Å². The smallest absolute Gasteiger partial charge is 0.279 e. The molecule has 1 saturated heterocycles. The van der Waals surface area contributed by atoms with E-state index in [9.17, 15) is 14.7 Å². The number of aromatic nitrogens is 3. The quantitative estimate of drug-likeness (QED) is 0.630. The zero-order chi connectivity index (χ0) is 22.4. The van der Waals surface area contributed by atoms with Crippen molar-refractivity contribution < 1.29 is 14.7 Å². The van der Waals surface area contributed by atoms with Gasteiger partial charge in [0, 0.05) is 40.5 Å². The van der Waals surface area contributed by atoms with E-state index in [1.807, 2.05) is 20.0 Å². The lowest BCUT2D eigenvalue weighted by Crippen LogP contribution is -2.30. The number of nitrogens with one attached hydrogen (secondary N) is 1. The second kappa shape index (κ2) is 8.22. The molecule has 1 aliphatic heterocycles. The number of aliphatic hydroxyl groups is 1. The molecule has 1 atom stereocenters. The third-order valence-electron chi connectivity index (χ3n) is 5.64. The van der Waals surface area contributed by atoms with Crippen LogP contribution in [-0.2, 0) is 24.7 Å². The molecule has 0 aromatic carbocycles. The van der Waals surface area contributed by atoms with Crippen LogP contribution in [0.5, 0.6) is 0 Å². The highest BCUT2D eigenvalue weighted by Crippen LogP contribution is 2.36. The topological polar surface area (TPSA) is 100 Å². The number of thiophene rings is 1. The van der Waals surface area contributed by atoms with Crippen molar-refractivity contribution in [3.63, 3.8) is 0 Å². The molecule has 1 aliphatic rings. The zero-order valence-electron chi connectivity index (χ0n) is 18.5. The van der Waals surface area contributed by atoms with Gasteiger partial charge in [-0.05, 0) is 31.7 Å². The highest BCUT2D eigenvalue weighted by atomic mass is 32.1. The highest BCUT2D eigenvalue weighted by molar-refractivity contribution is 7.19. The van der Waals surface area contributed by atoms with Gasteiger partial charge >= 0.3 is 0 Å². The van der Waals surface area contributed by atoms with Crippen LogP contribution in [0.25, 0.3) is 10.1 Å². The highest BCUT2D eigenvalue weighted by Gasteiger charge is 2.33. The van der Waals surface area contributed by atoms with E-state index in [1.54, 1.807) is 11.6 Å². The first-order valence-corrected chi connectivity index (χ1v) is 11.3. The molecule has 0 radical (unpaired) electrons. The Hall–Kier alpha value is -2.49. The zero-order valence-corrected chi connectivity index (χ0v) is 19.3. The summed E-state index contributed by atoms with van der Waals surface area (Å²) in [6.07, 6.45) is 2.45. The second-order valence-electron chi connectivity index (χ2n) is 8.68. The van der Waals surface area contributed by atoms with Crippen LogP contribution in [0.1, 0.15) is 51.6 Å². The number of H-pyrrole nitrogens is 1. The Kier molecular flexibility index (Phi) is 5.76. The number of pyridine rings is 1. The first kappa shape index (κ1) is 21.7. The van der Waals surface area contributed by atoms with Gasteiger partial charge in [-0.2, -0.15) is 5.10 Å². The molecule has 3 aromatic rings. The van der Waals surface area contributed by atoms with Gasteiger partial charge in [0.15, 0.2) is 0 Å². The molecular weight excluding hydrogens is 416 g/mol. The van der Waals surface area contributed by atoms with Crippen molar-refractivity contribution in [2.45, 2.75) is 46.6 Å². The van der Waals surface area contributed by atoms with E-state index in [1.165, 1.54) is 16.4 Å². The molecule has 31 heavy (non-hydrogen) atoms. The van der Waals surface area contributed by atoms with E-state index in [0.29, 0.717) is 23.3 Å². The monoisotopic (exact) mass is 444 g/mol. The van der Waals surface area contributed by atoms with Gasteiger partial charge in [0.25, 0.3) is 11.5 Å². The van der Waals surface area contributed by atoms with Gasteiger partial charge in [-0.15, -0.1) is 11.3 Å². The van der Waals surface area contributed by atoms with Gasteiger partial charge < -0.3 is 9.67 Å². The van der Waals surface area contributed by atoms with Crippen molar-refractivity contribution in [2.75, 3.05) is 13.2 Å². The number of carbonyl (C=O) groups is 1. The Balaban J connectivity index is 1.95. The number of amides is 1. The molecule has 0 unspecified atom stereocenters. The Labute approximate surface area is 184 Å². The summed E-state index contributed by atoms with van der Waals surface area (Å²) in [4.78, 5) is 32.9. The molecule has 0 spiro atoms. The molecule has 0 aliphatic carbocycles. The number of rotatable bonds is 5. The lowest BCUT2D eigenvalue weighted by atomic mass is 10.0. The minimum Gasteiger partial charge on any atom is -0.389 e. The van der Waals surface area contributed by atoms with Crippen molar-refractivity contribution in [2.24, 2.45) is 13.0 Å². The molecular formula is C22H28N4O4S. The van der Waals surface area contributed by atoms with Crippen LogP contribution < -0.4 is 5.56 Å². The second-order valence-corrected chi connectivity index (χ2v) is 9.78. The molecule has 9 heteroatoms. The van der Waals surface area contributed by atoms with Crippen molar-refractivity contribution in [1.82, 2.24) is 19.8 Å². The van der Waals surface area contributed by atoms with Crippen LogP contribution in [0.2, 0.25) is 0 Å². The Morgan fingerprint density at radius 2 is 2.16 bits per heavy atom. The fourth-order valence-electron chi connectivity index (χ4n) is 4.11. The number of aliphatic hydroxyl groups excluding tert-OH is 1. The molecule has 4 rings (SSSR count). The number of β-amino-alcohol motifs (C(OH)–C–C–N with tert-alkyl or cyclic N) is 1. The molecule has 0 saturated carbocycles. The van der Waals surface area contributed by atoms with Crippen LogP contribution in [0.4, 0.5) is 0 Å². The number of nitrogens with zero attached hydrogens (tertiary/aromatic N) is 3. The summed E-state index contributed by atoms with van der Waals surface area (Å²) < 4.78 is 2.41. The maximum absolute atomic E-state index is 13.5. The minimum atomic E-state index is -0.727. The Morgan fingerprint density at radius 3 is 2.74 bits per heavy atom. The summed E-state index contributed by atoms with van der Waals surface area (Å²) in [7, 11) is 1.72. The van der Waals surface area contributed by atoms with Crippen LogP contribution in [-0.4, -0.2) is 50.1 Å². The fourth-order valence-corrected chi connectivity index (χ4v) is 5.42. The normalized spacial score (nSPS) is 16.7. The van der Waals surface area contributed by atoms with E-state index in [4.69, 9.17) is 4.84 Å². The Morgan fingerprint density at radius 1 is 1.42 bits per heavy atom. The number of aromatic amines is 1. The first-order chi connectivity index (χ1) is 14.7. The largest absolute Gasteiger partial charge is 0.389 e. The lowest BCUT2D eigenvalue weighted by molar-refractivity contribution is -0.0778. The average molecular weight is 445 g/mol. The maximum atomic E-state index is 13.5. The van der Waals surface area contributed by atoms with Gasteiger partial charge in [0.1, 0.15) is 12.7 Å². The van der Waals surface area contributed by atoms with Gasteiger partial charge in [0.05, 0.1) is 23.2 Å². The molecule has 1 fully saturated rings. The standard InChI is InChI=1S/C22H28N4O4S/c1-11(2)6-14-8-25(5)21(28)19-18(22(29)26-9-15(27)10-30-26)17(31-20(14)19)7-16-12(3)23-24-13(16)4/h8,11,15,27H,6-7,9-10H2,1-5H3,(H,23,24)/t15-/m0/s1. The van der Waals surface area contributed by atoms with Gasteiger partial charge in [-0.1, -0.05) is 13.8 Å². The molecule has 4 heterocycles. The van der Waals surface area contributed by atoms with E-state index in [2.05, 4.69) is 24.0 Å². The van der Waals surface area contributed by atoms with Crippen molar-refractivity contribution in [3.8, 4) is 0 Å². The van der Waals surface area contributed by atoms with Crippen LogP contribution in [0.15, 0.2) is 11.0 Å². The summed E-state index contributed by atoms with van der Waals surface area (Å²) in [5.74, 6) is 0.0243. The van der Waals surface area contributed by atoms with Crippen molar-refractivity contribution in [3.05, 3.63) is 49.5 Å². The molecule has 3 aromatic heterocycles. The molecule has 2 N–H and O–H groups in total. The summed E-state index contributed by atoms with van der Waals surface area (Å²) in [6.45, 7) is 8.31. The fraction of sp³-hybridized carbons (Fsp3) is 0.500. The van der Waals surface area contributed by atoms with Gasteiger partial charge in [-0.25, -0.2) is 5.06 Å². The number of carbonyl (C=O) groups excluding carboxylic acids is 1. The van der Waals surface area contributed by atoms with Crippen LogP contribution >= 0.6 is 11.3 Å². The van der Waals surface area contributed by atoms with Crippen LogP contribution in [0.3, 0.4) is 0 Å². The summed E-state index contributed by atoms with van der Waals surface area (Å²) in [5, 5.41) is 18.7. The van der Waals surface area contributed by atoms with E-state index < -0.39 is 6.10 Å². The van der Waals surface area contributed by atoms with E-state index >= 15 is 0 Å². The SMILES string of the molecule is Cc1n[nH]c(C)c1Cc1sc2c(CC(C)C)cn(C)c(=O)c2c1C(=O)N1C[C@H](O)CO1. The molecule has 166 valence electrons. The average Bonchev–Trinajstić information content (AvgIpc) is 3.39. The van der Waals surface area contributed by atoms with Gasteiger partial charge in [0.2, 0.25) is 0 Å². The molecule has 8 nitrogen and oxygen atoms in total. The van der Waals surface area contributed by atoms with Crippen molar-refractivity contribution in [1.29, 1.82) is 0 Å². The van der Waals surface area contributed by atoms with E-state index in [-0.39, 0.29) is 24.6 Å². The third kappa shape index (κ3) is 3.93. The third-order valence-corrected chi connectivity index (χ3v) is 6.91. The molecule has 0 bridgehead atoms. The minimum absolute atomic E-state index is 0.0691. The predicted octanol–water partition coefficient (Wildman–Crippen LogP) is 2.48. The maximum Gasteiger partial charge on any atom is 0.279 e. The number of aryl methyl sites for hydroxylation is 3. The molecule has 1 amide bonds. The van der Waals surface area contributed by atoms with Crippen molar-refractivity contribution >= 4 is 27.3 Å². The van der Waals surface area contributed by atoms with Gasteiger partial charge in [-0.3, -0.25) is 19.5 Å². The Bertz CT molecular complexity index is 1190. The summed E-state index contributed by atoms with van der Waals surface area (Å²) in [6, 6.07) is 0. The number of fused-ring (bicyclic) bond motifs is 1. The van der Waals surface area contributed by atoms with E-state index in [0.717, 1.165) is 38.5 Å². The predicted molar refractivity (Wildman–Crippen MR) is 119 cm³/mol. The summed E-state index contributed by atoms with van der Waals surface area (Å²) in [5.41, 5.74) is 4.06. The lowest BCUT2D eigenvalue weighted by Gasteiger charge is -2.15. The summed E-state index contributed by atoms with van der Waals surface area (Å²) >= 11 is 1.50. The first-order valence-electron chi connectivity index (χ1n) is 10.4. The number of hydrogen-bond donors (Lipinski definition) is 2.